The zero-order valence-electron chi connectivity index (χ0n) is 24.8. The van der Waals surface area contributed by atoms with Crippen molar-refractivity contribution in [3.05, 3.63) is 114 Å². The highest BCUT2D eigenvalue weighted by Gasteiger charge is 2.50. The Morgan fingerprint density at radius 2 is 1.47 bits per heavy atom. The number of methoxy groups -OCH3 is 1. The standard InChI is InChI=1S/C36H39NO6/c1-36(2)33(41-3)31(38)32(39)35(43-36)42-28-20-21-29(27-18-16-26(17-19-27)25-14-8-5-9-15-25)30(23-28)34(40)37-22-10-13-24-11-6-4-7-12-24/h4-9,11-12,14-21,23,31-33,35,38-39H,10,13,22H2,1-3H3,(H,37,40)/t31-,32+,33+,35-/m0/s1. The Balaban J connectivity index is 1.38. The molecule has 1 fully saturated rings. The first-order valence-electron chi connectivity index (χ1n) is 14.6. The normalized spacial score (nSPS) is 21.2. The molecule has 1 aliphatic heterocycles. The molecule has 0 unspecified atom stereocenters. The van der Waals surface area contributed by atoms with Gasteiger partial charge in [0.1, 0.15) is 24.1 Å². The number of rotatable bonds is 10. The van der Waals surface area contributed by atoms with E-state index >= 15 is 0 Å². The van der Waals surface area contributed by atoms with Crippen LogP contribution >= 0.6 is 0 Å². The van der Waals surface area contributed by atoms with E-state index in [1.54, 1.807) is 26.0 Å². The minimum Gasteiger partial charge on any atom is -0.462 e. The van der Waals surface area contributed by atoms with E-state index in [1.807, 2.05) is 66.7 Å². The molecule has 1 heterocycles. The minimum atomic E-state index is -1.35. The largest absolute Gasteiger partial charge is 0.462 e. The number of benzene rings is 4. The van der Waals surface area contributed by atoms with Gasteiger partial charge in [-0.25, -0.2) is 0 Å². The summed E-state index contributed by atoms with van der Waals surface area (Å²) in [4.78, 5) is 13.6. The molecule has 7 heteroatoms. The van der Waals surface area contributed by atoms with Gasteiger partial charge in [0, 0.05) is 13.7 Å². The number of aliphatic hydroxyl groups excluding tert-OH is 2. The number of nitrogens with one attached hydrogen (secondary N) is 1. The maximum atomic E-state index is 13.6. The van der Waals surface area contributed by atoms with E-state index in [9.17, 15) is 15.0 Å². The molecule has 0 spiro atoms. The Morgan fingerprint density at radius 3 is 2.14 bits per heavy atom. The average Bonchev–Trinajstić information content (AvgIpc) is 3.03. The van der Waals surface area contributed by atoms with Crippen LogP contribution in [0.15, 0.2) is 103 Å². The number of amides is 1. The molecule has 7 nitrogen and oxygen atoms in total. The van der Waals surface area contributed by atoms with Crippen LogP contribution in [0.25, 0.3) is 22.3 Å². The monoisotopic (exact) mass is 581 g/mol. The average molecular weight is 582 g/mol. The second-order valence-corrected chi connectivity index (χ2v) is 11.3. The lowest BCUT2D eigenvalue weighted by Crippen LogP contribution is -2.63. The van der Waals surface area contributed by atoms with E-state index in [0.29, 0.717) is 17.9 Å². The number of carbonyl (C=O) groups excluding carboxylic acids is 1. The first-order valence-corrected chi connectivity index (χ1v) is 14.6. The molecule has 0 bridgehead atoms. The summed E-state index contributed by atoms with van der Waals surface area (Å²) in [5, 5.41) is 24.5. The smallest absolute Gasteiger partial charge is 0.252 e. The highest BCUT2D eigenvalue weighted by Crippen LogP contribution is 2.34. The fraction of sp³-hybridized carbons (Fsp3) is 0.306. The maximum Gasteiger partial charge on any atom is 0.252 e. The van der Waals surface area contributed by atoms with E-state index < -0.39 is 30.2 Å². The summed E-state index contributed by atoms with van der Waals surface area (Å²) in [6.45, 7) is 4.04. The van der Waals surface area contributed by atoms with Gasteiger partial charge in [-0.15, -0.1) is 0 Å². The van der Waals surface area contributed by atoms with Gasteiger partial charge in [-0.3, -0.25) is 4.79 Å². The van der Waals surface area contributed by atoms with Gasteiger partial charge in [-0.2, -0.15) is 0 Å². The van der Waals surface area contributed by atoms with Gasteiger partial charge in [0.05, 0.1) is 11.2 Å². The fourth-order valence-electron chi connectivity index (χ4n) is 5.58. The molecule has 0 radical (unpaired) electrons. The van der Waals surface area contributed by atoms with Crippen molar-refractivity contribution in [1.82, 2.24) is 5.32 Å². The molecular weight excluding hydrogens is 542 g/mol. The van der Waals surface area contributed by atoms with Crippen LogP contribution in [-0.2, 0) is 15.9 Å². The van der Waals surface area contributed by atoms with Crippen LogP contribution in [0.1, 0.15) is 36.2 Å². The van der Waals surface area contributed by atoms with E-state index in [2.05, 4.69) is 29.6 Å². The molecular formula is C36H39NO6. The van der Waals surface area contributed by atoms with Crippen LogP contribution in [-0.4, -0.2) is 60.0 Å². The van der Waals surface area contributed by atoms with Crippen LogP contribution in [0, 0.1) is 0 Å². The summed E-state index contributed by atoms with van der Waals surface area (Å²) in [6, 6.07) is 33.6. The highest BCUT2D eigenvalue weighted by atomic mass is 16.7. The number of aliphatic hydroxyl groups is 2. The van der Waals surface area contributed by atoms with Gasteiger partial charge in [0.2, 0.25) is 6.29 Å². The zero-order chi connectivity index (χ0) is 30.4. The lowest BCUT2D eigenvalue weighted by atomic mass is 9.89. The van der Waals surface area contributed by atoms with Crippen LogP contribution in [0.3, 0.4) is 0 Å². The summed E-state index contributed by atoms with van der Waals surface area (Å²) in [7, 11) is 1.46. The lowest BCUT2D eigenvalue weighted by Gasteiger charge is -2.46. The van der Waals surface area contributed by atoms with E-state index in [4.69, 9.17) is 14.2 Å². The highest BCUT2D eigenvalue weighted by molar-refractivity contribution is 6.01. The molecule has 4 atom stereocenters. The Kier molecular flexibility index (Phi) is 9.58. The molecule has 43 heavy (non-hydrogen) atoms. The Morgan fingerprint density at radius 1 is 0.837 bits per heavy atom. The summed E-state index contributed by atoms with van der Waals surface area (Å²) in [6.07, 6.45) is -2.81. The predicted octanol–water partition coefficient (Wildman–Crippen LogP) is 5.63. The molecule has 1 amide bonds. The van der Waals surface area contributed by atoms with Crippen molar-refractivity contribution >= 4 is 5.91 Å². The second-order valence-electron chi connectivity index (χ2n) is 11.3. The Bertz CT molecular complexity index is 1490. The number of hydrogen-bond donors (Lipinski definition) is 3. The number of aryl methyl sites for hydroxylation is 1. The Hall–Kier alpha value is -4.01. The van der Waals surface area contributed by atoms with Crippen molar-refractivity contribution in [2.45, 2.75) is 56.9 Å². The quantitative estimate of drug-likeness (QED) is 0.210. The van der Waals surface area contributed by atoms with E-state index in [1.165, 1.54) is 12.7 Å². The van der Waals surface area contributed by atoms with Crippen molar-refractivity contribution in [2.75, 3.05) is 13.7 Å². The SMILES string of the molecule is CO[C@@H]1[C@@H](O)[C@@H](O)[C@@H](Oc2ccc(-c3ccc(-c4ccccc4)cc3)c(C(=O)NCCCc3ccccc3)c2)OC1(C)C. The van der Waals surface area contributed by atoms with Gasteiger partial charge in [-0.05, 0) is 72.7 Å². The number of carbonyl (C=O) groups is 1. The first kappa shape index (κ1) is 30.4. The molecule has 4 aromatic rings. The zero-order valence-corrected chi connectivity index (χ0v) is 24.8. The van der Waals surface area contributed by atoms with E-state index in [-0.39, 0.29) is 5.91 Å². The molecule has 0 saturated carbocycles. The van der Waals surface area contributed by atoms with Crippen molar-refractivity contribution in [1.29, 1.82) is 0 Å². The van der Waals surface area contributed by atoms with Crippen LogP contribution in [0.2, 0.25) is 0 Å². The number of ether oxygens (including phenoxy) is 3. The molecule has 1 saturated heterocycles. The maximum absolute atomic E-state index is 13.6. The third-order valence-corrected chi connectivity index (χ3v) is 7.86. The first-order chi connectivity index (χ1) is 20.8. The fourth-order valence-corrected chi connectivity index (χ4v) is 5.58. The summed E-state index contributed by atoms with van der Waals surface area (Å²) in [5.41, 5.74) is 4.56. The van der Waals surface area contributed by atoms with Crippen LogP contribution in [0.5, 0.6) is 5.75 Å². The third-order valence-electron chi connectivity index (χ3n) is 7.86. The molecule has 3 N–H and O–H groups in total. The van der Waals surface area contributed by atoms with Crippen LogP contribution in [0.4, 0.5) is 0 Å². The molecule has 0 aliphatic carbocycles. The van der Waals surface area contributed by atoms with Crippen molar-refractivity contribution in [3.63, 3.8) is 0 Å². The van der Waals surface area contributed by atoms with Crippen molar-refractivity contribution in [2.24, 2.45) is 0 Å². The molecule has 5 rings (SSSR count). The van der Waals surface area contributed by atoms with Crippen molar-refractivity contribution in [3.8, 4) is 28.0 Å². The minimum absolute atomic E-state index is 0.231. The molecule has 224 valence electrons. The van der Waals surface area contributed by atoms with Gasteiger partial charge in [0.25, 0.3) is 5.91 Å². The molecule has 4 aromatic carbocycles. The predicted molar refractivity (Wildman–Crippen MR) is 167 cm³/mol. The lowest BCUT2D eigenvalue weighted by molar-refractivity contribution is -0.305. The summed E-state index contributed by atoms with van der Waals surface area (Å²) < 4.78 is 17.4. The van der Waals surface area contributed by atoms with Gasteiger partial charge in [0.15, 0.2) is 0 Å². The molecule has 0 aromatic heterocycles. The van der Waals surface area contributed by atoms with E-state index in [0.717, 1.165) is 35.1 Å². The number of hydrogen-bond acceptors (Lipinski definition) is 6. The van der Waals surface area contributed by atoms with Gasteiger partial charge >= 0.3 is 0 Å². The van der Waals surface area contributed by atoms with Gasteiger partial charge in [-0.1, -0.05) is 84.9 Å². The van der Waals surface area contributed by atoms with Crippen molar-refractivity contribution < 1.29 is 29.2 Å². The summed E-state index contributed by atoms with van der Waals surface area (Å²) in [5.74, 6) is 0.104. The van der Waals surface area contributed by atoms with Gasteiger partial charge < -0.3 is 29.7 Å². The van der Waals surface area contributed by atoms with Crippen LogP contribution < -0.4 is 10.1 Å². The second kappa shape index (κ2) is 13.5. The molecule has 1 aliphatic rings. The third kappa shape index (κ3) is 7.14. The Labute approximate surface area is 253 Å². The topological polar surface area (TPSA) is 97.3 Å². The summed E-state index contributed by atoms with van der Waals surface area (Å²) >= 11 is 0.